The van der Waals surface area contributed by atoms with Gasteiger partial charge in [-0.3, -0.25) is 15.1 Å². The largest absolute Gasteiger partial charge is 0.300 e. The highest BCUT2D eigenvalue weighted by Gasteiger charge is 2.26. The van der Waals surface area contributed by atoms with Gasteiger partial charge in [0.15, 0.2) is 0 Å². The predicted octanol–water partition coefficient (Wildman–Crippen LogP) is 2.02. The fourth-order valence-electron chi connectivity index (χ4n) is 2.97. The van der Waals surface area contributed by atoms with Crippen molar-refractivity contribution >= 4 is 5.91 Å². The Bertz CT molecular complexity index is 421. The van der Waals surface area contributed by atoms with Crippen LogP contribution in [0.5, 0.6) is 0 Å². The molecule has 1 saturated heterocycles. The van der Waals surface area contributed by atoms with Gasteiger partial charge in [0.25, 0.3) is 0 Å². The van der Waals surface area contributed by atoms with Gasteiger partial charge in [-0.2, -0.15) is 0 Å². The summed E-state index contributed by atoms with van der Waals surface area (Å²) in [6.07, 6.45) is 5.01. The number of nitrogens with two attached hydrogens (primary N) is 1. The molecule has 0 aromatic heterocycles. The highest BCUT2D eigenvalue weighted by molar-refractivity contribution is 5.83. The molecular weight excluding hydrogens is 250 g/mol. The molecule has 1 aromatic carbocycles. The number of carbonyl (C=O) groups excluding carboxylic acids is 1. The van der Waals surface area contributed by atoms with Crippen LogP contribution in [-0.2, 0) is 4.79 Å². The second-order valence-corrected chi connectivity index (χ2v) is 5.67. The third kappa shape index (κ3) is 3.81. The summed E-state index contributed by atoms with van der Waals surface area (Å²) in [5.74, 6) is 5.07. The molecule has 1 amide bonds. The average molecular weight is 275 g/mol. The van der Waals surface area contributed by atoms with Crippen molar-refractivity contribution in [2.75, 3.05) is 13.1 Å². The molecule has 2 atom stereocenters. The minimum Gasteiger partial charge on any atom is -0.300 e. The third-order valence-electron chi connectivity index (χ3n) is 4.27. The number of likely N-dealkylation sites (tertiary alicyclic amines) is 1. The Hall–Kier alpha value is -1.39. The summed E-state index contributed by atoms with van der Waals surface area (Å²) in [7, 11) is 0. The van der Waals surface area contributed by atoms with Crippen LogP contribution in [0.1, 0.15) is 44.1 Å². The zero-order chi connectivity index (χ0) is 14.4. The van der Waals surface area contributed by atoms with Gasteiger partial charge in [-0.05, 0) is 31.9 Å². The van der Waals surface area contributed by atoms with E-state index in [0.29, 0.717) is 6.04 Å². The summed E-state index contributed by atoms with van der Waals surface area (Å²) in [4.78, 5) is 14.5. The second kappa shape index (κ2) is 7.41. The van der Waals surface area contributed by atoms with Gasteiger partial charge in [-0.15, -0.1) is 0 Å². The number of amides is 1. The highest BCUT2D eigenvalue weighted by Crippen LogP contribution is 2.22. The number of hydrogen-bond acceptors (Lipinski definition) is 3. The molecule has 0 spiro atoms. The standard InChI is InChI=1S/C16H25N3O/c1-13-8-4-3-7-11-19(13)12-15(16(20)18-17)14-9-5-2-6-10-14/h2,5-6,9-10,13,15H,3-4,7-8,11-12,17H2,1H3,(H,18,20). The molecule has 3 N–H and O–H groups in total. The van der Waals surface area contributed by atoms with Gasteiger partial charge in [0.1, 0.15) is 0 Å². The van der Waals surface area contributed by atoms with Crippen LogP contribution in [-0.4, -0.2) is 29.9 Å². The highest BCUT2D eigenvalue weighted by atomic mass is 16.2. The van der Waals surface area contributed by atoms with Crippen molar-refractivity contribution in [2.24, 2.45) is 5.84 Å². The van der Waals surface area contributed by atoms with Crippen molar-refractivity contribution < 1.29 is 4.79 Å². The monoisotopic (exact) mass is 275 g/mol. The lowest BCUT2D eigenvalue weighted by Crippen LogP contribution is -2.43. The lowest BCUT2D eigenvalue weighted by Gasteiger charge is -2.30. The molecule has 4 heteroatoms. The number of rotatable bonds is 4. The fourth-order valence-corrected chi connectivity index (χ4v) is 2.97. The first-order valence-electron chi connectivity index (χ1n) is 7.52. The zero-order valence-electron chi connectivity index (χ0n) is 12.2. The number of nitrogens with one attached hydrogen (secondary N) is 1. The first-order valence-corrected chi connectivity index (χ1v) is 7.52. The lowest BCUT2D eigenvalue weighted by molar-refractivity contribution is -0.123. The fraction of sp³-hybridized carbons (Fsp3) is 0.562. The van der Waals surface area contributed by atoms with E-state index in [9.17, 15) is 4.79 Å². The SMILES string of the molecule is CC1CCCCCN1CC(C(=O)NN)c1ccccc1. The maximum Gasteiger partial charge on any atom is 0.242 e. The van der Waals surface area contributed by atoms with Gasteiger partial charge in [-0.25, -0.2) is 5.84 Å². The van der Waals surface area contributed by atoms with Crippen LogP contribution < -0.4 is 11.3 Å². The Kier molecular flexibility index (Phi) is 5.56. The third-order valence-corrected chi connectivity index (χ3v) is 4.27. The van der Waals surface area contributed by atoms with Gasteiger partial charge >= 0.3 is 0 Å². The molecule has 110 valence electrons. The number of hydrogen-bond donors (Lipinski definition) is 2. The number of nitrogens with zero attached hydrogens (tertiary/aromatic N) is 1. The first-order chi connectivity index (χ1) is 9.72. The van der Waals surface area contributed by atoms with Crippen LogP contribution in [0.3, 0.4) is 0 Å². The van der Waals surface area contributed by atoms with Crippen molar-refractivity contribution in [3.05, 3.63) is 35.9 Å². The van der Waals surface area contributed by atoms with Crippen molar-refractivity contribution in [2.45, 2.75) is 44.6 Å². The summed E-state index contributed by atoms with van der Waals surface area (Å²) in [5, 5.41) is 0. The van der Waals surface area contributed by atoms with Gasteiger partial charge in [-0.1, -0.05) is 43.2 Å². The molecule has 20 heavy (non-hydrogen) atoms. The molecule has 2 rings (SSSR count). The number of carbonyl (C=O) groups is 1. The Labute approximate surface area is 121 Å². The molecule has 0 bridgehead atoms. The van der Waals surface area contributed by atoms with Crippen LogP contribution in [0.15, 0.2) is 30.3 Å². The summed E-state index contributed by atoms with van der Waals surface area (Å²) < 4.78 is 0. The molecule has 1 heterocycles. The van der Waals surface area contributed by atoms with Crippen molar-refractivity contribution in [1.29, 1.82) is 0 Å². The van der Waals surface area contributed by atoms with Crippen LogP contribution in [0, 0.1) is 0 Å². The van der Waals surface area contributed by atoms with E-state index in [2.05, 4.69) is 17.2 Å². The van der Waals surface area contributed by atoms with Crippen molar-refractivity contribution in [3.63, 3.8) is 0 Å². The second-order valence-electron chi connectivity index (χ2n) is 5.67. The van der Waals surface area contributed by atoms with Crippen molar-refractivity contribution in [1.82, 2.24) is 10.3 Å². The van der Waals surface area contributed by atoms with Gasteiger partial charge in [0.05, 0.1) is 5.92 Å². The van der Waals surface area contributed by atoms with E-state index >= 15 is 0 Å². The smallest absolute Gasteiger partial charge is 0.242 e. The quantitative estimate of drug-likeness (QED) is 0.502. The Morgan fingerprint density at radius 3 is 2.80 bits per heavy atom. The summed E-state index contributed by atoms with van der Waals surface area (Å²) in [6.45, 7) is 4.07. The zero-order valence-corrected chi connectivity index (χ0v) is 12.2. The maximum atomic E-state index is 12.1. The maximum absolute atomic E-state index is 12.1. The molecule has 1 fully saturated rings. The Morgan fingerprint density at radius 2 is 2.10 bits per heavy atom. The average Bonchev–Trinajstić information content (AvgIpc) is 2.69. The molecule has 1 aromatic rings. The van der Waals surface area contributed by atoms with Gasteiger partial charge in [0, 0.05) is 12.6 Å². The van der Waals surface area contributed by atoms with E-state index in [1.54, 1.807) is 0 Å². The summed E-state index contributed by atoms with van der Waals surface area (Å²) >= 11 is 0. The van der Waals surface area contributed by atoms with E-state index in [-0.39, 0.29) is 11.8 Å². The van der Waals surface area contributed by atoms with Crippen molar-refractivity contribution in [3.8, 4) is 0 Å². The number of hydrazine groups is 1. The first kappa shape index (κ1) is 15.0. The van der Waals surface area contributed by atoms with Gasteiger partial charge in [0.2, 0.25) is 5.91 Å². The Balaban J connectivity index is 2.13. The van der Waals surface area contributed by atoms with E-state index in [0.717, 1.165) is 18.7 Å². The molecule has 1 aliphatic rings. The van der Waals surface area contributed by atoms with Crippen LogP contribution in [0.4, 0.5) is 0 Å². The van der Waals surface area contributed by atoms with E-state index in [4.69, 9.17) is 5.84 Å². The predicted molar refractivity (Wildman–Crippen MR) is 81.0 cm³/mol. The topological polar surface area (TPSA) is 58.4 Å². The van der Waals surface area contributed by atoms with E-state index in [1.165, 1.54) is 25.7 Å². The summed E-state index contributed by atoms with van der Waals surface area (Å²) in [6, 6.07) is 10.4. The minimum absolute atomic E-state index is 0.104. The molecule has 0 saturated carbocycles. The number of benzene rings is 1. The summed E-state index contributed by atoms with van der Waals surface area (Å²) in [5.41, 5.74) is 3.35. The molecule has 0 radical (unpaired) electrons. The minimum atomic E-state index is -0.193. The van der Waals surface area contributed by atoms with E-state index in [1.807, 2.05) is 30.3 Å². The van der Waals surface area contributed by atoms with E-state index < -0.39 is 0 Å². The molecular formula is C16H25N3O. The Morgan fingerprint density at radius 1 is 1.35 bits per heavy atom. The molecule has 2 unspecified atom stereocenters. The van der Waals surface area contributed by atoms with Crippen LogP contribution in [0.25, 0.3) is 0 Å². The van der Waals surface area contributed by atoms with Crippen LogP contribution in [0.2, 0.25) is 0 Å². The van der Waals surface area contributed by atoms with Crippen LogP contribution >= 0.6 is 0 Å². The molecule has 1 aliphatic heterocycles. The normalized spacial score (nSPS) is 22.0. The van der Waals surface area contributed by atoms with Gasteiger partial charge < -0.3 is 0 Å². The molecule has 4 nitrogen and oxygen atoms in total. The molecule has 0 aliphatic carbocycles. The lowest BCUT2D eigenvalue weighted by atomic mass is 9.97.